The fourth-order valence-corrected chi connectivity index (χ4v) is 4.36. The maximum atomic E-state index is 11.6. The molecule has 1 atom stereocenters. The number of nitrogens with zero attached hydrogens (tertiary/aromatic N) is 3. The zero-order chi connectivity index (χ0) is 20.5. The molecule has 158 valence electrons. The second-order valence-corrected chi connectivity index (χ2v) is 8.64. The number of anilines is 1. The lowest BCUT2D eigenvalue weighted by molar-refractivity contribution is -0.685. The number of aromatic nitrogens is 2. The summed E-state index contributed by atoms with van der Waals surface area (Å²) in [7, 11) is 0. The van der Waals surface area contributed by atoms with E-state index in [1.807, 2.05) is 41.1 Å². The predicted octanol–water partition coefficient (Wildman–Crippen LogP) is 5.61. The van der Waals surface area contributed by atoms with Crippen LogP contribution in [0.1, 0.15) is 76.7 Å². The highest BCUT2D eigenvalue weighted by Crippen LogP contribution is 2.34. The molecule has 0 aliphatic carbocycles. The van der Waals surface area contributed by atoms with Gasteiger partial charge in [0.2, 0.25) is 5.72 Å². The van der Waals surface area contributed by atoms with Crippen LogP contribution in [0.25, 0.3) is 0 Å². The molecule has 1 aliphatic heterocycles. The second kappa shape index (κ2) is 10.9. The molecule has 0 spiro atoms. The molecule has 2 heterocycles. The molecular weight excluding hydrogens is 382 g/mol. The number of aliphatic hydroxyl groups is 1. The third-order valence-electron chi connectivity index (χ3n) is 5.92. The summed E-state index contributed by atoms with van der Waals surface area (Å²) in [4.78, 5) is 6.60. The van der Waals surface area contributed by atoms with Crippen molar-refractivity contribution in [1.29, 1.82) is 0 Å². The molecule has 0 amide bonds. The van der Waals surface area contributed by atoms with Crippen LogP contribution in [0.5, 0.6) is 0 Å². The molecule has 4 nitrogen and oxygen atoms in total. The van der Waals surface area contributed by atoms with Crippen LogP contribution in [0.3, 0.4) is 0 Å². The number of unbranched alkanes of at least 4 members (excludes halogenated alkanes) is 9. The first kappa shape index (κ1) is 22.0. The van der Waals surface area contributed by atoms with Crippen molar-refractivity contribution < 1.29 is 9.67 Å². The van der Waals surface area contributed by atoms with Gasteiger partial charge in [-0.25, -0.2) is 9.47 Å². The van der Waals surface area contributed by atoms with Crippen molar-refractivity contribution in [3.8, 4) is 0 Å². The molecule has 1 aromatic carbocycles. The Morgan fingerprint density at radius 2 is 1.62 bits per heavy atom. The van der Waals surface area contributed by atoms with E-state index in [0.29, 0.717) is 11.6 Å². The Bertz CT molecular complexity index is 752. The molecule has 1 N–H and O–H groups in total. The molecule has 1 aromatic heterocycles. The van der Waals surface area contributed by atoms with E-state index in [4.69, 9.17) is 11.6 Å². The van der Waals surface area contributed by atoms with Crippen molar-refractivity contribution >= 4 is 17.5 Å². The largest absolute Gasteiger partial charge is 0.396 e. The van der Waals surface area contributed by atoms with Crippen molar-refractivity contribution in [2.45, 2.75) is 83.4 Å². The first-order valence-electron chi connectivity index (χ1n) is 11.3. The van der Waals surface area contributed by atoms with Crippen molar-refractivity contribution in [3.05, 3.63) is 53.3 Å². The number of hydrogen-bond donors (Lipinski definition) is 1. The van der Waals surface area contributed by atoms with Gasteiger partial charge in [0.05, 0.1) is 12.7 Å². The summed E-state index contributed by atoms with van der Waals surface area (Å²) in [6, 6.07) is 9.43. The zero-order valence-electron chi connectivity index (χ0n) is 17.7. The van der Waals surface area contributed by atoms with Crippen LogP contribution < -0.4 is 9.47 Å². The molecule has 3 rings (SSSR count). The molecule has 0 bridgehead atoms. The summed E-state index contributed by atoms with van der Waals surface area (Å²) in [5.41, 5.74) is -0.218. The number of halogens is 1. The SMILES string of the molecule is CCCCCCCCCCCCN1c2nccc[n+]2CC1(O)c1ccc(Cl)cc1. The van der Waals surface area contributed by atoms with Gasteiger partial charge in [-0.2, -0.15) is 0 Å². The molecule has 5 heteroatoms. The van der Waals surface area contributed by atoms with E-state index in [1.54, 1.807) is 6.20 Å². The number of hydrogen-bond acceptors (Lipinski definition) is 3. The number of rotatable bonds is 12. The smallest absolute Gasteiger partial charge is 0.353 e. The lowest BCUT2D eigenvalue weighted by Crippen LogP contribution is -2.46. The van der Waals surface area contributed by atoms with Gasteiger partial charge < -0.3 is 5.11 Å². The molecule has 29 heavy (non-hydrogen) atoms. The minimum Gasteiger partial charge on any atom is -0.353 e. The molecule has 1 unspecified atom stereocenters. The molecule has 1 aliphatic rings. The van der Waals surface area contributed by atoms with E-state index < -0.39 is 5.72 Å². The topological polar surface area (TPSA) is 40.2 Å². The fourth-order valence-electron chi connectivity index (χ4n) is 4.24. The van der Waals surface area contributed by atoms with E-state index in [9.17, 15) is 5.11 Å². The molecular formula is C24H35ClN3O+. The van der Waals surface area contributed by atoms with Crippen molar-refractivity contribution in [3.63, 3.8) is 0 Å². The van der Waals surface area contributed by atoms with Gasteiger partial charge in [0, 0.05) is 16.7 Å². The van der Waals surface area contributed by atoms with Crippen LogP contribution in [0, 0.1) is 0 Å². The van der Waals surface area contributed by atoms with E-state index in [2.05, 4.69) is 16.8 Å². The Balaban J connectivity index is 1.52. The maximum absolute atomic E-state index is 11.6. The summed E-state index contributed by atoms with van der Waals surface area (Å²) in [6.07, 6.45) is 16.8. The monoisotopic (exact) mass is 416 g/mol. The van der Waals surface area contributed by atoms with Gasteiger partial charge in [-0.05, 0) is 18.6 Å². The third kappa shape index (κ3) is 5.70. The summed E-state index contributed by atoms with van der Waals surface area (Å²) in [5, 5.41) is 12.3. The van der Waals surface area contributed by atoms with E-state index in [1.165, 1.54) is 57.8 Å². The summed E-state index contributed by atoms with van der Waals surface area (Å²) in [5.74, 6) is 0.834. The van der Waals surface area contributed by atoms with Crippen LogP contribution in [0.2, 0.25) is 5.02 Å². The standard InChI is InChI=1S/C24H35ClN3O/c1-2-3-4-5-6-7-8-9-10-11-19-28-23-26-17-12-18-27(23)20-24(28,29)21-13-15-22(25)16-14-21/h12-18,29H,2-11,19-20H2,1H3/q+1. The maximum Gasteiger partial charge on any atom is 0.396 e. The number of fused-ring (bicyclic) bond motifs is 1. The third-order valence-corrected chi connectivity index (χ3v) is 6.17. The predicted molar refractivity (Wildman–Crippen MR) is 119 cm³/mol. The van der Waals surface area contributed by atoms with E-state index >= 15 is 0 Å². The number of benzene rings is 1. The van der Waals surface area contributed by atoms with Crippen molar-refractivity contribution in [2.24, 2.45) is 0 Å². The summed E-state index contributed by atoms with van der Waals surface area (Å²) in [6.45, 7) is 3.54. The average Bonchev–Trinajstić information content (AvgIpc) is 3.02. The van der Waals surface area contributed by atoms with Crippen LogP contribution in [0.15, 0.2) is 42.7 Å². The van der Waals surface area contributed by atoms with E-state index in [0.717, 1.165) is 24.5 Å². The molecule has 0 radical (unpaired) electrons. The zero-order valence-corrected chi connectivity index (χ0v) is 18.4. The van der Waals surface area contributed by atoms with Crippen LogP contribution in [-0.2, 0) is 12.3 Å². The highest BCUT2D eigenvalue weighted by molar-refractivity contribution is 6.30. The van der Waals surface area contributed by atoms with Gasteiger partial charge in [-0.3, -0.25) is 0 Å². The quantitative estimate of drug-likeness (QED) is 0.361. The molecule has 2 aromatic rings. The minimum atomic E-state index is -1.08. The highest BCUT2D eigenvalue weighted by atomic mass is 35.5. The summed E-state index contributed by atoms with van der Waals surface area (Å²) >= 11 is 6.06. The lowest BCUT2D eigenvalue weighted by atomic mass is 10.0. The van der Waals surface area contributed by atoms with Gasteiger partial charge in [-0.15, -0.1) is 0 Å². The van der Waals surface area contributed by atoms with Crippen molar-refractivity contribution in [2.75, 3.05) is 11.4 Å². The molecule has 0 fully saturated rings. The van der Waals surface area contributed by atoms with Gasteiger partial charge in [0.25, 0.3) is 0 Å². The Labute approximate surface area is 180 Å². The highest BCUT2D eigenvalue weighted by Gasteiger charge is 2.51. The molecule has 0 saturated carbocycles. The fraction of sp³-hybridized carbons (Fsp3) is 0.583. The lowest BCUT2D eigenvalue weighted by Gasteiger charge is -2.28. The first-order chi connectivity index (χ1) is 14.1. The Morgan fingerprint density at radius 1 is 1.00 bits per heavy atom. The first-order valence-corrected chi connectivity index (χ1v) is 11.6. The van der Waals surface area contributed by atoms with Crippen LogP contribution in [-0.4, -0.2) is 16.6 Å². The molecule has 0 saturated heterocycles. The Morgan fingerprint density at radius 3 is 2.28 bits per heavy atom. The Hall–Kier alpha value is -1.65. The minimum absolute atomic E-state index is 0.482. The Kier molecular flexibility index (Phi) is 8.31. The van der Waals surface area contributed by atoms with Gasteiger partial charge >= 0.3 is 5.95 Å². The average molecular weight is 417 g/mol. The van der Waals surface area contributed by atoms with Crippen LogP contribution in [0.4, 0.5) is 5.95 Å². The van der Waals surface area contributed by atoms with Crippen molar-refractivity contribution in [1.82, 2.24) is 4.98 Å². The second-order valence-electron chi connectivity index (χ2n) is 8.20. The van der Waals surface area contributed by atoms with E-state index in [-0.39, 0.29) is 0 Å². The summed E-state index contributed by atoms with van der Waals surface area (Å²) < 4.78 is 2.03. The van der Waals surface area contributed by atoms with Gasteiger partial charge in [-0.1, -0.05) is 93.4 Å². The van der Waals surface area contributed by atoms with Gasteiger partial charge in [0.1, 0.15) is 12.7 Å². The van der Waals surface area contributed by atoms with Gasteiger partial charge in [0.15, 0.2) is 0 Å². The normalized spacial score (nSPS) is 18.2. The van der Waals surface area contributed by atoms with Crippen LogP contribution >= 0.6 is 11.6 Å².